The van der Waals surface area contributed by atoms with Crippen molar-refractivity contribution < 1.29 is 13.5 Å². The predicted octanol–water partition coefficient (Wildman–Crippen LogP) is 1.56. The van der Waals surface area contributed by atoms with Crippen molar-refractivity contribution >= 4 is 27.5 Å². The molecule has 3 aromatic rings. The number of nitrogens with zero attached hydrogens (tertiary/aromatic N) is 3. The van der Waals surface area contributed by atoms with Gasteiger partial charge in [0.15, 0.2) is 0 Å². The van der Waals surface area contributed by atoms with Crippen LogP contribution in [0, 0.1) is 0 Å². The maximum Gasteiger partial charge on any atom is 0.229 e. The molecule has 0 aliphatic rings. The molecular weight excluding hydrogens is 380 g/mol. The fourth-order valence-corrected chi connectivity index (χ4v) is 3.06. The summed E-state index contributed by atoms with van der Waals surface area (Å²) in [4.78, 5) is 13.0. The van der Waals surface area contributed by atoms with Crippen molar-refractivity contribution in [2.45, 2.75) is 0 Å². The van der Waals surface area contributed by atoms with Crippen LogP contribution in [0.3, 0.4) is 0 Å². The molecule has 0 atom stereocenters. The molecule has 0 saturated heterocycles. The zero-order valence-electron chi connectivity index (χ0n) is 15.1. The lowest BCUT2D eigenvalue weighted by Gasteiger charge is -2.11. The Balaban J connectivity index is 2.05. The Kier molecular flexibility index (Phi) is 5.71. The van der Waals surface area contributed by atoms with E-state index in [-0.39, 0.29) is 6.61 Å². The molecule has 0 spiro atoms. The molecule has 0 aliphatic carbocycles. The van der Waals surface area contributed by atoms with E-state index in [2.05, 4.69) is 25.0 Å². The maximum atomic E-state index is 11.5. The minimum atomic E-state index is -3.39. The molecule has 1 aromatic carbocycles. The Morgan fingerprint density at radius 2 is 1.82 bits per heavy atom. The number of aliphatic hydroxyl groups excluding tert-OH is 1. The summed E-state index contributed by atoms with van der Waals surface area (Å²) in [6.07, 6.45) is 2.70. The smallest absolute Gasteiger partial charge is 0.229 e. The lowest BCUT2D eigenvalue weighted by Crippen LogP contribution is -2.10. The van der Waals surface area contributed by atoms with Crippen LogP contribution in [0.4, 0.5) is 17.5 Å². The van der Waals surface area contributed by atoms with Gasteiger partial charge in [0.25, 0.3) is 0 Å². The lowest BCUT2D eigenvalue weighted by molar-refractivity contribution is 0.311. The van der Waals surface area contributed by atoms with Crippen LogP contribution in [0.25, 0.3) is 22.5 Å². The number of aliphatic hydroxyl groups is 1. The minimum absolute atomic E-state index is 0.0693. The van der Waals surface area contributed by atoms with Gasteiger partial charge in [0, 0.05) is 29.6 Å². The maximum absolute atomic E-state index is 11.5. The summed E-state index contributed by atoms with van der Waals surface area (Å²) in [6.45, 7) is 0.221. The largest absolute Gasteiger partial charge is 0.395 e. The Morgan fingerprint density at radius 1 is 1.07 bits per heavy atom. The van der Waals surface area contributed by atoms with Gasteiger partial charge in [-0.1, -0.05) is 12.1 Å². The standard InChI is InChI=1S/C18H20N6O3S/c1-28(26,27)24-14-4-2-3-12(9-14)15-10-16(13-5-6-17(19)21-11-13)23-18(22-15)20-7-8-25/h2-6,9-11,24-25H,7-8H2,1H3,(H2,19,21)(H,20,22,23). The highest BCUT2D eigenvalue weighted by molar-refractivity contribution is 7.92. The van der Waals surface area contributed by atoms with Crippen molar-refractivity contribution in [1.29, 1.82) is 0 Å². The quantitative estimate of drug-likeness (QED) is 0.468. The number of hydrogen-bond acceptors (Lipinski definition) is 8. The van der Waals surface area contributed by atoms with Crippen LogP contribution in [0.2, 0.25) is 0 Å². The second kappa shape index (κ2) is 8.19. The van der Waals surface area contributed by atoms with E-state index < -0.39 is 10.0 Å². The van der Waals surface area contributed by atoms with Crippen LogP contribution >= 0.6 is 0 Å². The molecule has 0 aliphatic heterocycles. The number of nitrogens with one attached hydrogen (secondary N) is 2. The fraction of sp³-hybridized carbons (Fsp3) is 0.167. The molecule has 0 unspecified atom stereocenters. The Hall–Kier alpha value is -3.24. The summed E-state index contributed by atoms with van der Waals surface area (Å²) >= 11 is 0. The topological polar surface area (TPSA) is 143 Å². The molecule has 28 heavy (non-hydrogen) atoms. The Bertz CT molecular complexity index is 1070. The highest BCUT2D eigenvalue weighted by atomic mass is 32.2. The molecule has 0 saturated carbocycles. The molecule has 0 amide bonds. The van der Waals surface area contributed by atoms with Gasteiger partial charge in [-0.2, -0.15) is 0 Å². The van der Waals surface area contributed by atoms with Crippen molar-refractivity contribution in [3.05, 3.63) is 48.7 Å². The number of sulfonamides is 1. The Morgan fingerprint density at radius 3 is 2.46 bits per heavy atom. The van der Waals surface area contributed by atoms with Gasteiger partial charge in [0.1, 0.15) is 5.82 Å². The van der Waals surface area contributed by atoms with Crippen LogP contribution < -0.4 is 15.8 Å². The fourth-order valence-electron chi connectivity index (χ4n) is 2.50. The molecule has 0 radical (unpaired) electrons. The van der Waals surface area contributed by atoms with Gasteiger partial charge in [-0.05, 0) is 30.3 Å². The predicted molar refractivity (Wildman–Crippen MR) is 109 cm³/mol. The summed E-state index contributed by atoms with van der Waals surface area (Å²) < 4.78 is 25.4. The number of anilines is 3. The average molecular weight is 400 g/mol. The first-order valence-electron chi connectivity index (χ1n) is 8.38. The van der Waals surface area contributed by atoms with E-state index in [9.17, 15) is 8.42 Å². The zero-order valence-corrected chi connectivity index (χ0v) is 15.9. The molecular formula is C18H20N6O3S. The monoisotopic (exact) mass is 400 g/mol. The Labute approximate surface area is 162 Å². The number of pyridine rings is 1. The first kappa shape index (κ1) is 19.5. The van der Waals surface area contributed by atoms with E-state index in [1.165, 1.54) is 0 Å². The number of benzene rings is 1. The molecule has 146 valence electrons. The van der Waals surface area contributed by atoms with Gasteiger partial charge < -0.3 is 16.2 Å². The third kappa shape index (κ3) is 5.15. The van der Waals surface area contributed by atoms with E-state index >= 15 is 0 Å². The second-order valence-corrected chi connectivity index (χ2v) is 7.79. The molecule has 9 nitrogen and oxygen atoms in total. The third-order valence-electron chi connectivity index (χ3n) is 3.66. The van der Waals surface area contributed by atoms with Crippen molar-refractivity contribution in [1.82, 2.24) is 15.0 Å². The number of rotatable bonds is 7. The molecule has 2 aromatic heterocycles. The van der Waals surface area contributed by atoms with Crippen LogP contribution in [0.5, 0.6) is 0 Å². The highest BCUT2D eigenvalue weighted by Crippen LogP contribution is 2.27. The van der Waals surface area contributed by atoms with E-state index in [0.29, 0.717) is 40.9 Å². The minimum Gasteiger partial charge on any atom is -0.395 e. The molecule has 0 bridgehead atoms. The van der Waals surface area contributed by atoms with Crippen molar-refractivity contribution in [2.24, 2.45) is 0 Å². The summed E-state index contributed by atoms with van der Waals surface area (Å²) in [5, 5.41) is 12.0. The summed E-state index contributed by atoms with van der Waals surface area (Å²) in [7, 11) is -3.39. The number of aromatic nitrogens is 3. The first-order valence-corrected chi connectivity index (χ1v) is 10.3. The van der Waals surface area contributed by atoms with E-state index in [0.717, 1.165) is 11.8 Å². The van der Waals surface area contributed by atoms with Crippen molar-refractivity contribution in [2.75, 3.05) is 35.2 Å². The number of nitrogens with two attached hydrogens (primary N) is 1. The van der Waals surface area contributed by atoms with Crippen LogP contribution in [-0.2, 0) is 10.0 Å². The van der Waals surface area contributed by atoms with Crippen LogP contribution in [-0.4, -0.2) is 47.9 Å². The van der Waals surface area contributed by atoms with Crippen molar-refractivity contribution in [3.8, 4) is 22.5 Å². The average Bonchev–Trinajstić information content (AvgIpc) is 2.65. The zero-order chi connectivity index (χ0) is 20.1. The third-order valence-corrected chi connectivity index (χ3v) is 4.27. The summed E-state index contributed by atoms with van der Waals surface area (Å²) in [6, 6.07) is 12.1. The van der Waals surface area contributed by atoms with E-state index in [1.54, 1.807) is 42.6 Å². The summed E-state index contributed by atoms with van der Waals surface area (Å²) in [5.74, 6) is 0.732. The van der Waals surface area contributed by atoms with Gasteiger partial charge in [-0.15, -0.1) is 0 Å². The van der Waals surface area contributed by atoms with Gasteiger partial charge in [-0.25, -0.2) is 23.4 Å². The van der Waals surface area contributed by atoms with Crippen LogP contribution in [0.15, 0.2) is 48.7 Å². The van der Waals surface area contributed by atoms with Gasteiger partial charge in [-0.3, -0.25) is 4.72 Å². The normalized spacial score (nSPS) is 11.2. The number of nitrogen functional groups attached to an aromatic ring is 1. The lowest BCUT2D eigenvalue weighted by atomic mass is 10.1. The van der Waals surface area contributed by atoms with E-state index in [1.807, 2.05) is 6.07 Å². The molecule has 5 N–H and O–H groups in total. The molecule has 0 fully saturated rings. The second-order valence-electron chi connectivity index (χ2n) is 6.04. The van der Waals surface area contributed by atoms with Gasteiger partial charge >= 0.3 is 0 Å². The van der Waals surface area contributed by atoms with Gasteiger partial charge in [0.05, 0.1) is 24.3 Å². The van der Waals surface area contributed by atoms with Crippen molar-refractivity contribution in [3.63, 3.8) is 0 Å². The first-order chi connectivity index (χ1) is 13.3. The molecule has 10 heteroatoms. The molecule has 2 heterocycles. The SMILES string of the molecule is CS(=O)(=O)Nc1cccc(-c2cc(-c3ccc(N)nc3)nc(NCCO)n2)c1. The van der Waals surface area contributed by atoms with Crippen LogP contribution in [0.1, 0.15) is 0 Å². The molecule has 3 rings (SSSR count). The van der Waals surface area contributed by atoms with E-state index in [4.69, 9.17) is 10.8 Å². The summed E-state index contributed by atoms with van der Waals surface area (Å²) in [5.41, 5.74) is 8.72. The van der Waals surface area contributed by atoms with Gasteiger partial charge in [0.2, 0.25) is 16.0 Å². The number of hydrogen-bond donors (Lipinski definition) is 4. The highest BCUT2D eigenvalue weighted by Gasteiger charge is 2.10.